The van der Waals surface area contributed by atoms with Crippen molar-refractivity contribution in [1.82, 2.24) is 0 Å². The Kier molecular flexibility index (Phi) is 2.27. The molecule has 1 saturated carbocycles. The van der Waals surface area contributed by atoms with Crippen LogP contribution in [0.2, 0.25) is 0 Å². The van der Waals surface area contributed by atoms with E-state index < -0.39 is 5.60 Å². The predicted molar refractivity (Wildman–Crippen MR) is 69.7 cm³/mol. The van der Waals surface area contributed by atoms with Crippen LogP contribution in [-0.4, -0.2) is 10.7 Å². The summed E-state index contributed by atoms with van der Waals surface area (Å²) in [6, 6.07) is 10.3. The van der Waals surface area contributed by atoms with Gasteiger partial charge in [0, 0.05) is 5.41 Å². The van der Waals surface area contributed by atoms with E-state index in [0.29, 0.717) is 5.92 Å². The number of allylic oxidation sites excluding steroid dienone is 1. The Morgan fingerprint density at radius 1 is 1.29 bits per heavy atom. The average Bonchev–Trinajstić information content (AvgIpc) is 2.78. The molecule has 17 heavy (non-hydrogen) atoms. The molecule has 1 aromatic rings. The van der Waals surface area contributed by atoms with Gasteiger partial charge in [0.05, 0.1) is 5.60 Å². The zero-order valence-corrected chi connectivity index (χ0v) is 9.97. The van der Waals surface area contributed by atoms with Gasteiger partial charge in [0.15, 0.2) is 0 Å². The fourth-order valence-electron chi connectivity index (χ4n) is 3.48. The van der Waals surface area contributed by atoms with E-state index in [1.807, 2.05) is 18.2 Å². The summed E-state index contributed by atoms with van der Waals surface area (Å²) in [4.78, 5) is 0. The molecular formula is C16H18O. The Hall–Kier alpha value is -1.34. The van der Waals surface area contributed by atoms with E-state index in [1.54, 1.807) is 6.08 Å². The van der Waals surface area contributed by atoms with Gasteiger partial charge in [-0.3, -0.25) is 0 Å². The minimum absolute atomic E-state index is 0.251. The molecule has 88 valence electrons. The maximum absolute atomic E-state index is 10.9. The molecule has 3 atom stereocenters. The molecule has 2 aliphatic carbocycles. The molecule has 0 saturated heterocycles. The summed E-state index contributed by atoms with van der Waals surface area (Å²) < 4.78 is 0. The molecule has 2 aliphatic rings. The van der Waals surface area contributed by atoms with Gasteiger partial charge in [-0.1, -0.05) is 48.6 Å². The minimum atomic E-state index is -0.794. The first-order valence-electron chi connectivity index (χ1n) is 6.31. The molecule has 0 unspecified atom stereocenters. The van der Waals surface area contributed by atoms with Crippen molar-refractivity contribution in [1.29, 1.82) is 0 Å². The SMILES string of the molecule is C=C[C@@]1(O)CC[C@@H]2C=C[C@@]1(c1ccccc1)C2. The summed E-state index contributed by atoms with van der Waals surface area (Å²) in [5.74, 6) is 0.621. The number of rotatable bonds is 2. The molecule has 1 aromatic carbocycles. The largest absolute Gasteiger partial charge is 0.385 e. The van der Waals surface area contributed by atoms with Crippen LogP contribution in [-0.2, 0) is 5.41 Å². The fourth-order valence-corrected chi connectivity index (χ4v) is 3.48. The van der Waals surface area contributed by atoms with Crippen LogP contribution >= 0.6 is 0 Å². The smallest absolute Gasteiger partial charge is 0.0956 e. The van der Waals surface area contributed by atoms with E-state index in [-0.39, 0.29) is 5.41 Å². The third kappa shape index (κ3) is 1.35. The molecule has 3 rings (SSSR count). The van der Waals surface area contributed by atoms with Crippen molar-refractivity contribution < 1.29 is 5.11 Å². The lowest BCUT2D eigenvalue weighted by molar-refractivity contribution is -0.00874. The van der Waals surface area contributed by atoms with Crippen LogP contribution in [0.4, 0.5) is 0 Å². The normalized spacial score (nSPS) is 39.2. The van der Waals surface area contributed by atoms with E-state index in [1.165, 1.54) is 5.56 Å². The topological polar surface area (TPSA) is 20.2 Å². The van der Waals surface area contributed by atoms with Gasteiger partial charge >= 0.3 is 0 Å². The summed E-state index contributed by atoms with van der Waals surface area (Å²) in [6.45, 7) is 3.86. The van der Waals surface area contributed by atoms with Crippen LogP contribution in [0.1, 0.15) is 24.8 Å². The van der Waals surface area contributed by atoms with Crippen molar-refractivity contribution in [2.24, 2.45) is 5.92 Å². The molecule has 0 aromatic heterocycles. The van der Waals surface area contributed by atoms with Crippen molar-refractivity contribution in [3.63, 3.8) is 0 Å². The minimum Gasteiger partial charge on any atom is -0.385 e. The van der Waals surface area contributed by atoms with Crippen molar-refractivity contribution in [3.05, 3.63) is 60.7 Å². The standard InChI is InChI=1S/C16H18O/c1-2-16(17)11-9-13-8-10-15(16,12-13)14-6-4-3-5-7-14/h2-8,10,13,17H,1,9,11-12H2/t13-,15-,16+/m0/s1. The Bertz CT molecular complexity index is 462. The lowest BCUT2D eigenvalue weighted by Crippen LogP contribution is -2.50. The molecule has 1 heteroatoms. The van der Waals surface area contributed by atoms with E-state index in [2.05, 4.69) is 30.9 Å². The summed E-state index contributed by atoms with van der Waals surface area (Å²) in [6.07, 6.45) is 9.11. The highest BCUT2D eigenvalue weighted by atomic mass is 16.3. The van der Waals surface area contributed by atoms with E-state index in [0.717, 1.165) is 19.3 Å². The van der Waals surface area contributed by atoms with Crippen molar-refractivity contribution in [2.75, 3.05) is 0 Å². The Labute approximate surface area is 102 Å². The van der Waals surface area contributed by atoms with Gasteiger partial charge in [-0.15, -0.1) is 6.58 Å². The number of aliphatic hydroxyl groups is 1. The lowest BCUT2D eigenvalue weighted by atomic mass is 9.60. The van der Waals surface area contributed by atoms with Crippen molar-refractivity contribution >= 4 is 0 Å². The number of fused-ring (bicyclic) bond motifs is 2. The fraction of sp³-hybridized carbons (Fsp3) is 0.375. The molecule has 0 spiro atoms. The summed E-state index contributed by atoms with van der Waals surface area (Å²) in [7, 11) is 0. The van der Waals surface area contributed by atoms with E-state index in [4.69, 9.17) is 0 Å². The summed E-state index contributed by atoms with van der Waals surface area (Å²) >= 11 is 0. The first kappa shape index (κ1) is 10.8. The second kappa shape index (κ2) is 3.58. The maximum Gasteiger partial charge on any atom is 0.0956 e. The molecular weight excluding hydrogens is 208 g/mol. The van der Waals surface area contributed by atoms with E-state index in [9.17, 15) is 5.11 Å². The van der Waals surface area contributed by atoms with E-state index >= 15 is 0 Å². The van der Waals surface area contributed by atoms with Crippen LogP contribution in [0.15, 0.2) is 55.1 Å². The monoisotopic (exact) mass is 226 g/mol. The van der Waals surface area contributed by atoms with Crippen LogP contribution < -0.4 is 0 Å². The quantitative estimate of drug-likeness (QED) is 0.768. The highest BCUT2D eigenvalue weighted by molar-refractivity contribution is 5.42. The third-order valence-corrected chi connectivity index (χ3v) is 4.53. The average molecular weight is 226 g/mol. The molecule has 0 heterocycles. The van der Waals surface area contributed by atoms with Gasteiger partial charge in [-0.2, -0.15) is 0 Å². The van der Waals surface area contributed by atoms with Gasteiger partial charge < -0.3 is 5.11 Å². The van der Waals surface area contributed by atoms with Gasteiger partial charge in [0.1, 0.15) is 0 Å². The zero-order chi connectivity index (χ0) is 11.9. The Balaban J connectivity index is 2.15. The van der Waals surface area contributed by atoms with Crippen molar-refractivity contribution in [3.8, 4) is 0 Å². The maximum atomic E-state index is 10.9. The molecule has 1 nitrogen and oxygen atoms in total. The molecule has 1 fully saturated rings. The van der Waals surface area contributed by atoms with Crippen LogP contribution in [0, 0.1) is 5.92 Å². The number of hydrogen-bond donors (Lipinski definition) is 1. The Morgan fingerprint density at radius 3 is 2.76 bits per heavy atom. The van der Waals surface area contributed by atoms with Gasteiger partial charge in [-0.25, -0.2) is 0 Å². The molecule has 2 bridgehead atoms. The molecule has 0 aliphatic heterocycles. The first-order valence-corrected chi connectivity index (χ1v) is 6.31. The first-order chi connectivity index (χ1) is 8.20. The number of hydrogen-bond acceptors (Lipinski definition) is 1. The van der Waals surface area contributed by atoms with Gasteiger partial charge in [0.2, 0.25) is 0 Å². The second-order valence-electron chi connectivity index (χ2n) is 5.33. The molecule has 0 radical (unpaired) electrons. The molecule has 0 amide bonds. The van der Waals surface area contributed by atoms with Crippen LogP contribution in [0.25, 0.3) is 0 Å². The van der Waals surface area contributed by atoms with Gasteiger partial charge in [0.25, 0.3) is 0 Å². The highest BCUT2D eigenvalue weighted by Crippen LogP contribution is 2.54. The molecule has 1 N–H and O–H groups in total. The predicted octanol–water partition coefficient (Wildman–Crippen LogP) is 3.21. The second-order valence-corrected chi connectivity index (χ2v) is 5.33. The van der Waals surface area contributed by atoms with Crippen LogP contribution in [0.3, 0.4) is 0 Å². The van der Waals surface area contributed by atoms with Crippen molar-refractivity contribution in [2.45, 2.75) is 30.3 Å². The Morgan fingerprint density at radius 2 is 2.06 bits per heavy atom. The number of benzene rings is 1. The summed E-state index contributed by atoms with van der Waals surface area (Å²) in [5.41, 5.74) is 0.164. The summed E-state index contributed by atoms with van der Waals surface area (Å²) in [5, 5.41) is 10.9. The zero-order valence-electron chi connectivity index (χ0n) is 9.97. The third-order valence-electron chi connectivity index (χ3n) is 4.53. The van der Waals surface area contributed by atoms with Crippen LogP contribution in [0.5, 0.6) is 0 Å². The lowest BCUT2D eigenvalue weighted by Gasteiger charge is -2.46. The van der Waals surface area contributed by atoms with Gasteiger partial charge in [-0.05, 0) is 30.7 Å². The highest BCUT2D eigenvalue weighted by Gasteiger charge is 2.53.